The highest BCUT2D eigenvalue weighted by molar-refractivity contribution is 5.92. The monoisotopic (exact) mass is 393 g/mol. The van der Waals surface area contributed by atoms with E-state index in [2.05, 4.69) is 15.6 Å². The number of hydrogen-bond donors (Lipinski definition) is 2. The van der Waals surface area contributed by atoms with Crippen LogP contribution in [0, 0.1) is 5.82 Å². The summed E-state index contributed by atoms with van der Waals surface area (Å²) in [7, 11) is 0. The maximum atomic E-state index is 13.2. The minimum Gasteiger partial charge on any atom is -0.462 e. The van der Waals surface area contributed by atoms with Crippen LogP contribution in [0.4, 0.5) is 21.6 Å². The number of benzene rings is 2. The first kappa shape index (κ1) is 20.0. The predicted octanol–water partition coefficient (Wildman–Crippen LogP) is 4.32. The lowest BCUT2D eigenvalue weighted by atomic mass is 10.1. The van der Waals surface area contributed by atoms with E-state index in [0.717, 1.165) is 5.69 Å². The Hall–Kier alpha value is -3.74. The number of ether oxygens (including phenoxy) is 1. The van der Waals surface area contributed by atoms with Crippen LogP contribution in [0.2, 0.25) is 0 Å². The first-order valence-corrected chi connectivity index (χ1v) is 9.08. The number of nitrogens with one attached hydrogen (secondary N) is 2. The number of hydrogen-bond acceptors (Lipinski definition) is 5. The number of anilines is 3. The molecule has 0 aliphatic carbocycles. The van der Waals surface area contributed by atoms with E-state index in [9.17, 15) is 14.0 Å². The lowest BCUT2D eigenvalue weighted by Crippen LogP contribution is -2.14. The van der Waals surface area contributed by atoms with Crippen molar-refractivity contribution in [2.45, 2.75) is 13.3 Å². The Balaban J connectivity index is 1.56. The summed E-state index contributed by atoms with van der Waals surface area (Å²) in [4.78, 5) is 28.0. The smallest absolute Gasteiger partial charge is 0.338 e. The predicted molar refractivity (Wildman–Crippen MR) is 109 cm³/mol. The van der Waals surface area contributed by atoms with Crippen molar-refractivity contribution < 1.29 is 18.7 Å². The van der Waals surface area contributed by atoms with Crippen molar-refractivity contribution in [3.8, 4) is 0 Å². The number of halogens is 1. The largest absolute Gasteiger partial charge is 0.462 e. The molecule has 1 aromatic heterocycles. The van der Waals surface area contributed by atoms with Crippen molar-refractivity contribution in [3.05, 3.63) is 83.8 Å². The van der Waals surface area contributed by atoms with Crippen molar-refractivity contribution in [1.82, 2.24) is 4.98 Å². The van der Waals surface area contributed by atoms with Gasteiger partial charge < -0.3 is 15.4 Å². The SMILES string of the molecule is CCOC(=O)c1ccc(Nc2ccc(NC(=O)Cc3cccc(F)c3)cn2)cc1. The van der Waals surface area contributed by atoms with Crippen LogP contribution in [-0.2, 0) is 16.0 Å². The van der Waals surface area contributed by atoms with Crippen molar-refractivity contribution in [2.24, 2.45) is 0 Å². The molecule has 7 heteroatoms. The molecule has 6 nitrogen and oxygen atoms in total. The Labute approximate surface area is 167 Å². The van der Waals surface area contributed by atoms with Gasteiger partial charge in [0.2, 0.25) is 5.91 Å². The van der Waals surface area contributed by atoms with Crippen LogP contribution in [0.15, 0.2) is 66.9 Å². The van der Waals surface area contributed by atoms with E-state index in [4.69, 9.17) is 4.74 Å². The standard InChI is InChI=1S/C22H20FN3O3/c1-2-29-22(28)16-6-8-18(9-7-16)25-20-11-10-19(14-24-20)26-21(27)13-15-4-3-5-17(23)12-15/h3-12,14H,2,13H2,1H3,(H,24,25)(H,26,27). The van der Waals surface area contributed by atoms with Gasteiger partial charge in [-0.15, -0.1) is 0 Å². The van der Waals surface area contributed by atoms with Gasteiger partial charge in [0.15, 0.2) is 0 Å². The van der Waals surface area contributed by atoms with Gasteiger partial charge in [-0.25, -0.2) is 14.2 Å². The van der Waals surface area contributed by atoms with Gasteiger partial charge in [-0.1, -0.05) is 12.1 Å². The number of carbonyl (C=O) groups is 2. The molecule has 0 unspecified atom stereocenters. The summed E-state index contributed by atoms with van der Waals surface area (Å²) >= 11 is 0. The molecular formula is C22H20FN3O3. The van der Waals surface area contributed by atoms with Crippen LogP contribution in [0.25, 0.3) is 0 Å². The molecule has 1 amide bonds. The second-order valence-corrected chi connectivity index (χ2v) is 6.21. The molecule has 1 heterocycles. The third-order valence-electron chi connectivity index (χ3n) is 3.97. The Morgan fingerprint density at radius 3 is 2.45 bits per heavy atom. The van der Waals surface area contributed by atoms with E-state index in [0.29, 0.717) is 29.2 Å². The van der Waals surface area contributed by atoms with E-state index < -0.39 is 0 Å². The fraction of sp³-hybridized carbons (Fsp3) is 0.136. The Kier molecular flexibility index (Phi) is 6.52. The summed E-state index contributed by atoms with van der Waals surface area (Å²) in [5, 5.41) is 5.84. The van der Waals surface area contributed by atoms with Crippen molar-refractivity contribution >= 4 is 29.1 Å². The van der Waals surface area contributed by atoms with E-state index in [-0.39, 0.29) is 24.1 Å². The zero-order chi connectivity index (χ0) is 20.6. The maximum absolute atomic E-state index is 13.2. The maximum Gasteiger partial charge on any atom is 0.338 e. The van der Waals surface area contributed by atoms with Gasteiger partial charge in [-0.3, -0.25) is 4.79 Å². The van der Waals surface area contributed by atoms with E-state index in [1.807, 2.05) is 0 Å². The topological polar surface area (TPSA) is 80.3 Å². The summed E-state index contributed by atoms with van der Waals surface area (Å²) in [5.74, 6) is -0.414. The minimum atomic E-state index is -0.373. The average molecular weight is 393 g/mol. The zero-order valence-corrected chi connectivity index (χ0v) is 15.8. The van der Waals surface area contributed by atoms with Gasteiger partial charge in [0.25, 0.3) is 0 Å². The van der Waals surface area contributed by atoms with Gasteiger partial charge in [0.05, 0.1) is 30.5 Å². The van der Waals surface area contributed by atoms with Crippen LogP contribution >= 0.6 is 0 Å². The Bertz CT molecular complexity index is 989. The van der Waals surface area contributed by atoms with Crippen molar-refractivity contribution in [3.63, 3.8) is 0 Å². The second kappa shape index (κ2) is 9.45. The summed E-state index contributed by atoms with van der Waals surface area (Å²) in [6, 6.07) is 16.2. The number of esters is 1. The average Bonchev–Trinajstić information content (AvgIpc) is 2.70. The van der Waals surface area contributed by atoms with Crippen LogP contribution in [-0.4, -0.2) is 23.5 Å². The Morgan fingerprint density at radius 1 is 1.03 bits per heavy atom. The summed E-state index contributed by atoms with van der Waals surface area (Å²) in [6.45, 7) is 2.08. The number of aromatic nitrogens is 1. The molecule has 0 bridgehead atoms. The molecule has 0 aliphatic heterocycles. The van der Waals surface area contributed by atoms with Crippen LogP contribution in [0.3, 0.4) is 0 Å². The van der Waals surface area contributed by atoms with Crippen molar-refractivity contribution in [2.75, 3.05) is 17.2 Å². The molecule has 0 fully saturated rings. The summed E-state index contributed by atoms with van der Waals surface area (Å²) < 4.78 is 18.1. The van der Waals surface area contributed by atoms with Gasteiger partial charge in [0.1, 0.15) is 11.6 Å². The van der Waals surface area contributed by atoms with Gasteiger partial charge in [0, 0.05) is 5.69 Å². The molecule has 2 N–H and O–H groups in total. The quantitative estimate of drug-likeness (QED) is 0.584. The molecule has 0 saturated carbocycles. The van der Waals surface area contributed by atoms with Gasteiger partial charge >= 0.3 is 5.97 Å². The minimum absolute atomic E-state index is 0.0740. The van der Waals surface area contributed by atoms with Gasteiger partial charge in [-0.05, 0) is 61.0 Å². The highest BCUT2D eigenvalue weighted by Crippen LogP contribution is 2.17. The highest BCUT2D eigenvalue weighted by Gasteiger charge is 2.07. The lowest BCUT2D eigenvalue weighted by molar-refractivity contribution is -0.115. The molecule has 3 rings (SSSR count). The molecule has 29 heavy (non-hydrogen) atoms. The second-order valence-electron chi connectivity index (χ2n) is 6.21. The number of pyridine rings is 1. The van der Waals surface area contributed by atoms with Crippen LogP contribution < -0.4 is 10.6 Å². The molecule has 148 valence electrons. The summed E-state index contributed by atoms with van der Waals surface area (Å²) in [6.07, 6.45) is 1.60. The van der Waals surface area contributed by atoms with Crippen LogP contribution in [0.5, 0.6) is 0 Å². The normalized spacial score (nSPS) is 10.3. The molecule has 2 aromatic carbocycles. The first-order chi connectivity index (χ1) is 14.0. The van der Waals surface area contributed by atoms with E-state index >= 15 is 0 Å². The number of rotatable bonds is 7. The van der Waals surface area contributed by atoms with E-state index in [1.165, 1.54) is 18.3 Å². The number of amides is 1. The molecule has 0 aliphatic rings. The first-order valence-electron chi connectivity index (χ1n) is 9.08. The van der Waals surface area contributed by atoms with Gasteiger partial charge in [-0.2, -0.15) is 0 Å². The van der Waals surface area contributed by atoms with Crippen LogP contribution in [0.1, 0.15) is 22.8 Å². The molecule has 0 saturated heterocycles. The fourth-order valence-electron chi connectivity index (χ4n) is 2.63. The highest BCUT2D eigenvalue weighted by atomic mass is 19.1. The third-order valence-corrected chi connectivity index (χ3v) is 3.97. The zero-order valence-electron chi connectivity index (χ0n) is 15.8. The number of carbonyl (C=O) groups excluding carboxylic acids is 2. The molecular weight excluding hydrogens is 373 g/mol. The van der Waals surface area contributed by atoms with Crippen molar-refractivity contribution in [1.29, 1.82) is 0 Å². The fourth-order valence-corrected chi connectivity index (χ4v) is 2.63. The molecule has 0 spiro atoms. The lowest BCUT2D eigenvalue weighted by Gasteiger charge is -2.09. The molecule has 3 aromatic rings. The Morgan fingerprint density at radius 2 is 1.79 bits per heavy atom. The molecule has 0 atom stereocenters. The summed E-state index contributed by atoms with van der Waals surface area (Å²) in [5.41, 5.74) is 2.37. The third kappa shape index (κ3) is 5.87. The molecule has 0 radical (unpaired) electrons. The number of nitrogens with zero attached hydrogens (tertiary/aromatic N) is 1. The van der Waals surface area contributed by atoms with E-state index in [1.54, 1.807) is 55.5 Å².